The first-order chi connectivity index (χ1) is 9.81. The van der Waals surface area contributed by atoms with Crippen LogP contribution in [-0.4, -0.2) is 54.3 Å². The first kappa shape index (κ1) is 16.1. The number of nitrogens with one attached hydrogen (secondary N) is 1. The summed E-state index contributed by atoms with van der Waals surface area (Å²) in [5, 5.41) is 3.20. The monoisotopic (exact) mass is 298 g/mol. The average molecular weight is 298 g/mol. The lowest BCUT2D eigenvalue weighted by molar-refractivity contribution is -0.146. The van der Waals surface area contributed by atoms with Gasteiger partial charge in [0, 0.05) is 13.1 Å². The maximum absolute atomic E-state index is 12.2. The number of carbonyl (C=O) groups is 2. The maximum atomic E-state index is 12.2. The number of nitrogens with zero attached hydrogens (tertiary/aromatic N) is 1. The zero-order valence-electron chi connectivity index (χ0n) is 13.3. The molecule has 2 fully saturated rings. The molecule has 6 heteroatoms. The molecule has 3 atom stereocenters. The molecule has 0 spiro atoms. The number of hydrogen-bond acceptors (Lipinski definition) is 5. The van der Waals surface area contributed by atoms with E-state index in [4.69, 9.17) is 9.47 Å². The summed E-state index contributed by atoms with van der Waals surface area (Å²) >= 11 is 0. The van der Waals surface area contributed by atoms with Gasteiger partial charge in [-0.05, 0) is 46.5 Å². The van der Waals surface area contributed by atoms with Crippen LogP contribution in [0.1, 0.15) is 40.5 Å². The summed E-state index contributed by atoms with van der Waals surface area (Å²) in [7, 11) is 0. The van der Waals surface area contributed by atoms with Crippen molar-refractivity contribution in [1.82, 2.24) is 10.2 Å². The number of rotatable bonds is 2. The minimum absolute atomic E-state index is 0.116. The van der Waals surface area contributed by atoms with Crippen molar-refractivity contribution in [2.45, 2.75) is 58.2 Å². The molecule has 2 aliphatic heterocycles. The van der Waals surface area contributed by atoms with E-state index in [1.807, 2.05) is 27.7 Å². The zero-order chi connectivity index (χ0) is 15.6. The Balaban J connectivity index is 1.93. The summed E-state index contributed by atoms with van der Waals surface area (Å²) in [4.78, 5) is 25.8. The highest BCUT2D eigenvalue weighted by atomic mass is 16.6. The molecule has 1 N–H and O–H groups in total. The molecule has 0 aromatic carbocycles. The molecule has 0 aromatic heterocycles. The van der Waals surface area contributed by atoms with Crippen LogP contribution < -0.4 is 5.32 Å². The minimum atomic E-state index is -0.481. The smallest absolute Gasteiger partial charge is 0.410 e. The normalized spacial score (nSPS) is 29.0. The van der Waals surface area contributed by atoms with Crippen LogP contribution in [-0.2, 0) is 14.3 Å². The highest BCUT2D eigenvalue weighted by Gasteiger charge is 2.44. The molecule has 0 aliphatic carbocycles. The van der Waals surface area contributed by atoms with Crippen LogP contribution in [0.3, 0.4) is 0 Å². The Morgan fingerprint density at radius 1 is 1.33 bits per heavy atom. The first-order valence-electron chi connectivity index (χ1n) is 7.71. The number of ether oxygens (including phenoxy) is 2. The van der Waals surface area contributed by atoms with Crippen LogP contribution >= 0.6 is 0 Å². The van der Waals surface area contributed by atoms with Crippen molar-refractivity contribution < 1.29 is 19.1 Å². The second-order valence-corrected chi connectivity index (χ2v) is 6.74. The van der Waals surface area contributed by atoms with E-state index in [1.165, 1.54) is 0 Å². The van der Waals surface area contributed by atoms with Crippen molar-refractivity contribution in [3.8, 4) is 0 Å². The van der Waals surface area contributed by atoms with Gasteiger partial charge >= 0.3 is 12.1 Å². The fourth-order valence-corrected chi connectivity index (χ4v) is 3.09. The molecule has 1 amide bonds. The molecule has 0 unspecified atom stereocenters. The highest BCUT2D eigenvalue weighted by molar-refractivity contribution is 5.76. The van der Waals surface area contributed by atoms with Gasteiger partial charge in [-0.1, -0.05) is 0 Å². The zero-order valence-corrected chi connectivity index (χ0v) is 13.3. The van der Waals surface area contributed by atoms with E-state index in [1.54, 1.807) is 4.90 Å². The molecule has 2 saturated heterocycles. The standard InChI is InChI=1S/C15H26N2O4/c1-5-20-13(18)11-8-10-6-7-17(12(10)9-16-11)14(19)21-15(2,3)4/h10-12,16H,5-9H2,1-4H3/t10-,11+,12+/m1/s1. The molecule has 6 nitrogen and oxygen atoms in total. The molecule has 21 heavy (non-hydrogen) atoms. The largest absolute Gasteiger partial charge is 0.465 e. The van der Waals surface area contributed by atoms with Gasteiger partial charge in [0.2, 0.25) is 0 Å². The molecule has 2 heterocycles. The van der Waals surface area contributed by atoms with Crippen LogP contribution in [0.25, 0.3) is 0 Å². The van der Waals surface area contributed by atoms with Gasteiger partial charge < -0.3 is 19.7 Å². The average Bonchev–Trinajstić information content (AvgIpc) is 2.79. The van der Waals surface area contributed by atoms with E-state index in [0.29, 0.717) is 25.6 Å². The van der Waals surface area contributed by atoms with Gasteiger partial charge in [0.05, 0.1) is 12.6 Å². The molecule has 0 aromatic rings. The van der Waals surface area contributed by atoms with E-state index in [-0.39, 0.29) is 24.1 Å². The Labute approximate surface area is 126 Å². The Bertz CT molecular complexity index is 405. The fourth-order valence-electron chi connectivity index (χ4n) is 3.09. The van der Waals surface area contributed by atoms with Crippen molar-refractivity contribution in [3.05, 3.63) is 0 Å². The number of carbonyl (C=O) groups excluding carboxylic acids is 2. The van der Waals surface area contributed by atoms with Crippen molar-refractivity contribution >= 4 is 12.1 Å². The third-order valence-electron chi connectivity index (χ3n) is 4.00. The van der Waals surface area contributed by atoms with Crippen LogP contribution in [0.4, 0.5) is 4.79 Å². The van der Waals surface area contributed by atoms with Crippen LogP contribution in [0.15, 0.2) is 0 Å². The van der Waals surface area contributed by atoms with Gasteiger partial charge in [-0.2, -0.15) is 0 Å². The lowest BCUT2D eigenvalue weighted by Crippen LogP contribution is -2.54. The third kappa shape index (κ3) is 3.87. The number of amides is 1. The quantitative estimate of drug-likeness (QED) is 0.783. The first-order valence-corrected chi connectivity index (χ1v) is 7.71. The Hall–Kier alpha value is -1.30. The molecular formula is C15H26N2O4. The second kappa shape index (κ2) is 6.22. The Kier molecular flexibility index (Phi) is 4.76. The van der Waals surface area contributed by atoms with E-state index in [0.717, 1.165) is 12.8 Å². The lowest BCUT2D eigenvalue weighted by Gasteiger charge is -2.36. The predicted molar refractivity (Wildman–Crippen MR) is 77.9 cm³/mol. The summed E-state index contributed by atoms with van der Waals surface area (Å²) < 4.78 is 10.5. The van der Waals surface area contributed by atoms with Gasteiger partial charge in [0.15, 0.2) is 0 Å². The molecule has 2 aliphatic rings. The summed E-state index contributed by atoms with van der Waals surface area (Å²) in [6.07, 6.45) is 1.39. The van der Waals surface area contributed by atoms with E-state index >= 15 is 0 Å². The summed E-state index contributed by atoms with van der Waals surface area (Å²) in [5.74, 6) is 0.153. The Morgan fingerprint density at radius 3 is 2.67 bits per heavy atom. The molecule has 120 valence electrons. The van der Waals surface area contributed by atoms with E-state index < -0.39 is 5.60 Å². The fraction of sp³-hybridized carbons (Fsp3) is 0.867. The molecule has 2 rings (SSSR count). The molecular weight excluding hydrogens is 272 g/mol. The SMILES string of the molecule is CCOC(=O)[C@@H]1C[C@H]2CCN(C(=O)OC(C)(C)C)[C@H]2CN1. The number of likely N-dealkylation sites (tertiary alicyclic amines) is 1. The van der Waals surface area contributed by atoms with E-state index in [9.17, 15) is 9.59 Å². The van der Waals surface area contributed by atoms with Gasteiger partial charge in [-0.3, -0.25) is 4.79 Å². The van der Waals surface area contributed by atoms with Crippen molar-refractivity contribution in [2.75, 3.05) is 19.7 Å². The molecule has 0 bridgehead atoms. The molecule has 0 radical (unpaired) electrons. The number of hydrogen-bond donors (Lipinski definition) is 1. The number of esters is 1. The van der Waals surface area contributed by atoms with Crippen LogP contribution in [0.5, 0.6) is 0 Å². The lowest BCUT2D eigenvalue weighted by atomic mass is 9.88. The summed E-state index contributed by atoms with van der Waals surface area (Å²) in [6.45, 7) is 9.13. The van der Waals surface area contributed by atoms with E-state index in [2.05, 4.69) is 5.32 Å². The third-order valence-corrected chi connectivity index (χ3v) is 4.00. The maximum Gasteiger partial charge on any atom is 0.410 e. The van der Waals surface area contributed by atoms with Crippen molar-refractivity contribution in [1.29, 1.82) is 0 Å². The van der Waals surface area contributed by atoms with Gasteiger partial charge in [-0.25, -0.2) is 4.79 Å². The van der Waals surface area contributed by atoms with Gasteiger partial charge in [0.25, 0.3) is 0 Å². The minimum Gasteiger partial charge on any atom is -0.465 e. The Morgan fingerprint density at radius 2 is 2.05 bits per heavy atom. The van der Waals surface area contributed by atoms with Crippen LogP contribution in [0.2, 0.25) is 0 Å². The van der Waals surface area contributed by atoms with Crippen LogP contribution in [0, 0.1) is 5.92 Å². The highest BCUT2D eigenvalue weighted by Crippen LogP contribution is 2.32. The van der Waals surface area contributed by atoms with Crippen molar-refractivity contribution in [2.24, 2.45) is 5.92 Å². The summed E-state index contributed by atoms with van der Waals surface area (Å²) in [5.41, 5.74) is -0.481. The van der Waals surface area contributed by atoms with Gasteiger partial charge in [-0.15, -0.1) is 0 Å². The number of piperidine rings is 1. The number of fused-ring (bicyclic) bond motifs is 1. The summed E-state index contributed by atoms with van der Waals surface area (Å²) in [6, 6.07) is -0.129. The van der Waals surface area contributed by atoms with Crippen molar-refractivity contribution in [3.63, 3.8) is 0 Å². The second-order valence-electron chi connectivity index (χ2n) is 6.74. The topological polar surface area (TPSA) is 67.9 Å². The predicted octanol–water partition coefficient (Wildman–Crippen LogP) is 1.54. The van der Waals surface area contributed by atoms with Gasteiger partial charge in [0.1, 0.15) is 11.6 Å². The molecule has 0 saturated carbocycles.